The predicted octanol–water partition coefficient (Wildman–Crippen LogP) is 3.80. The van der Waals surface area contributed by atoms with E-state index in [4.69, 9.17) is 11.6 Å². The maximum Gasteiger partial charge on any atom is 0.107 e. The highest BCUT2D eigenvalue weighted by Crippen LogP contribution is 2.18. The molecule has 1 aromatic carbocycles. The van der Waals surface area contributed by atoms with E-state index in [2.05, 4.69) is 23.8 Å². The molecule has 0 spiro atoms. The molecule has 0 amide bonds. The van der Waals surface area contributed by atoms with Gasteiger partial charge in [0, 0.05) is 11.4 Å². The van der Waals surface area contributed by atoms with Crippen LogP contribution in [0.25, 0.3) is 11.0 Å². The Balaban J connectivity index is 2.23. The predicted molar refractivity (Wildman–Crippen MR) is 64.3 cm³/mol. The number of aromatic nitrogens is 2. The van der Waals surface area contributed by atoms with Gasteiger partial charge in [-0.2, -0.15) is 0 Å². The maximum absolute atomic E-state index is 5.91. The summed E-state index contributed by atoms with van der Waals surface area (Å²) in [6.45, 7) is 4.44. The molecule has 3 heteroatoms. The minimum atomic E-state index is 0.710. The van der Waals surface area contributed by atoms with Gasteiger partial charge in [0.2, 0.25) is 0 Å². The van der Waals surface area contributed by atoms with Crippen molar-refractivity contribution in [1.82, 2.24) is 9.97 Å². The first-order valence-corrected chi connectivity index (χ1v) is 5.67. The summed E-state index contributed by atoms with van der Waals surface area (Å²) in [6, 6.07) is 5.74. The molecular formula is C12H15ClN2. The largest absolute Gasteiger partial charge is 0.342 e. The topological polar surface area (TPSA) is 28.7 Å². The first-order chi connectivity index (χ1) is 7.15. The molecule has 1 heterocycles. The fraction of sp³-hybridized carbons (Fsp3) is 0.417. The van der Waals surface area contributed by atoms with Crippen LogP contribution in [-0.4, -0.2) is 9.97 Å². The molecule has 0 bridgehead atoms. The number of benzene rings is 1. The Bertz CT molecular complexity index is 460. The Kier molecular flexibility index (Phi) is 2.96. The lowest BCUT2D eigenvalue weighted by atomic mass is 10.1. The Morgan fingerprint density at radius 3 is 2.93 bits per heavy atom. The van der Waals surface area contributed by atoms with Crippen molar-refractivity contribution in [2.45, 2.75) is 26.7 Å². The van der Waals surface area contributed by atoms with Gasteiger partial charge in [-0.1, -0.05) is 25.4 Å². The molecule has 0 saturated heterocycles. The van der Waals surface area contributed by atoms with Gasteiger partial charge in [0.1, 0.15) is 5.82 Å². The lowest BCUT2D eigenvalue weighted by Crippen LogP contribution is -1.93. The molecule has 0 atom stereocenters. The third-order valence-electron chi connectivity index (χ3n) is 2.45. The summed E-state index contributed by atoms with van der Waals surface area (Å²) in [7, 11) is 0. The lowest BCUT2D eigenvalue weighted by Gasteiger charge is -2.00. The molecule has 0 aliphatic heterocycles. The molecule has 0 aliphatic carbocycles. The van der Waals surface area contributed by atoms with E-state index in [0.717, 1.165) is 34.7 Å². The minimum absolute atomic E-state index is 0.710. The SMILES string of the molecule is CC(C)CCc1nc2ccc(Cl)cc2[nH]1. The number of aromatic amines is 1. The third kappa shape index (κ3) is 2.51. The molecule has 0 fully saturated rings. The fourth-order valence-corrected chi connectivity index (χ4v) is 1.75. The standard InChI is InChI=1S/C12H15ClN2/c1-8(2)3-6-12-14-10-5-4-9(13)7-11(10)15-12/h4-5,7-8H,3,6H2,1-2H3,(H,14,15). The number of H-pyrrole nitrogens is 1. The van der Waals surface area contributed by atoms with Crippen LogP contribution in [0.5, 0.6) is 0 Å². The van der Waals surface area contributed by atoms with Crippen LogP contribution >= 0.6 is 11.6 Å². The number of hydrogen-bond donors (Lipinski definition) is 1. The maximum atomic E-state index is 5.91. The van der Waals surface area contributed by atoms with E-state index in [0.29, 0.717) is 5.92 Å². The average Bonchev–Trinajstić information content (AvgIpc) is 2.56. The van der Waals surface area contributed by atoms with Crippen LogP contribution in [0.2, 0.25) is 5.02 Å². The van der Waals surface area contributed by atoms with Crippen LogP contribution in [0.4, 0.5) is 0 Å². The number of hydrogen-bond acceptors (Lipinski definition) is 1. The zero-order valence-corrected chi connectivity index (χ0v) is 9.80. The quantitative estimate of drug-likeness (QED) is 0.841. The molecule has 80 valence electrons. The Morgan fingerprint density at radius 1 is 1.40 bits per heavy atom. The fourth-order valence-electron chi connectivity index (χ4n) is 1.58. The van der Waals surface area contributed by atoms with Crippen molar-refractivity contribution in [3.8, 4) is 0 Å². The van der Waals surface area contributed by atoms with Gasteiger partial charge in [-0.3, -0.25) is 0 Å². The van der Waals surface area contributed by atoms with Gasteiger partial charge in [0.05, 0.1) is 11.0 Å². The number of nitrogens with one attached hydrogen (secondary N) is 1. The van der Waals surface area contributed by atoms with Crippen molar-refractivity contribution >= 4 is 22.6 Å². The summed E-state index contributed by atoms with van der Waals surface area (Å²) >= 11 is 5.91. The van der Waals surface area contributed by atoms with Crippen molar-refractivity contribution in [1.29, 1.82) is 0 Å². The van der Waals surface area contributed by atoms with Gasteiger partial charge < -0.3 is 4.98 Å². The van der Waals surface area contributed by atoms with Crippen molar-refractivity contribution in [3.63, 3.8) is 0 Å². The van der Waals surface area contributed by atoms with Crippen LogP contribution in [-0.2, 0) is 6.42 Å². The zero-order chi connectivity index (χ0) is 10.8. The summed E-state index contributed by atoms with van der Waals surface area (Å²) < 4.78 is 0. The van der Waals surface area contributed by atoms with Gasteiger partial charge in [-0.15, -0.1) is 0 Å². The highest BCUT2D eigenvalue weighted by atomic mass is 35.5. The van der Waals surface area contributed by atoms with E-state index in [1.807, 2.05) is 18.2 Å². The van der Waals surface area contributed by atoms with Crippen LogP contribution in [0.1, 0.15) is 26.1 Å². The molecule has 2 nitrogen and oxygen atoms in total. The molecule has 2 rings (SSSR count). The second-order valence-electron chi connectivity index (χ2n) is 4.28. The summed E-state index contributed by atoms with van der Waals surface area (Å²) in [6.07, 6.45) is 2.16. The molecule has 15 heavy (non-hydrogen) atoms. The smallest absolute Gasteiger partial charge is 0.107 e. The van der Waals surface area contributed by atoms with Crippen LogP contribution in [0.15, 0.2) is 18.2 Å². The number of aryl methyl sites for hydroxylation is 1. The lowest BCUT2D eigenvalue weighted by molar-refractivity contribution is 0.577. The Morgan fingerprint density at radius 2 is 2.20 bits per heavy atom. The van der Waals surface area contributed by atoms with Gasteiger partial charge in [0.15, 0.2) is 0 Å². The molecule has 2 aromatic rings. The Labute approximate surface area is 94.7 Å². The summed E-state index contributed by atoms with van der Waals surface area (Å²) in [4.78, 5) is 7.81. The van der Waals surface area contributed by atoms with Gasteiger partial charge >= 0.3 is 0 Å². The molecule has 0 unspecified atom stereocenters. The number of rotatable bonds is 3. The van der Waals surface area contributed by atoms with Gasteiger partial charge in [0.25, 0.3) is 0 Å². The number of fused-ring (bicyclic) bond motifs is 1. The van der Waals surface area contributed by atoms with E-state index >= 15 is 0 Å². The normalized spacial score (nSPS) is 11.5. The zero-order valence-electron chi connectivity index (χ0n) is 9.05. The van der Waals surface area contributed by atoms with Crippen molar-refractivity contribution < 1.29 is 0 Å². The van der Waals surface area contributed by atoms with Crippen molar-refractivity contribution in [2.75, 3.05) is 0 Å². The summed E-state index contributed by atoms with van der Waals surface area (Å²) in [5.41, 5.74) is 2.03. The van der Waals surface area contributed by atoms with E-state index in [1.54, 1.807) is 0 Å². The number of nitrogens with zero attached hydrogens (tertiary/aromatic N) is 1. The number of imidazole rings is 1. The second-order valence-corrected chi connectivity index (χ2v) is 4.71. The number of halogens is 1. The summed E-state index contributed by atoms with van der Waals surface area (Å²) in [5, 5.41) is 0.751. The van der Waals surface area contributed by atoms with E-state index in [-0.39, 0.29) is 0 Å². The van der Waals surface area contributed by atoms with E-state index in [9.17, 15) is 0 Å². The molecule has 1 aromatic heterocycles. The minimum Gasteiger partial charge on any atom is -0.342 e. The van der Waals surface area contributed by atoms with E-state index in [1.165, 1.54) is 0 Å². The van der Waals surface area contributed by atoms with Crippen LogP contribution in [0.3, 0.4) is 0 Å². The van der Waals surface area contributed by atoms with Crippen molar-refractivity contribution in [2.24, 2.45) is 5.92 Å². The average molecular weight is 223 g/mol. The monoisotopic (exact) mass is 222 g/mol. The third-order valence-corrected chi connectivity index (χ3v) is 2.69. The first kappa shape index (κ1) is 10.5. The summed E-state index contributed by atoms with van der Waals surface area (Å²) in [5.74, 6) is 1.77. The van der Waals surface area contributed by atoms with E-state index < -0.39 is 0 Å². The van der Waals surface area contributed by atoms with Crippen molar-refractivity contribution in [3.05, 3.63) is 29.0 Å². The highest BCUT2D eigenvalue weighted by Gasteiger charge is 2.04. The molecule has 0 saturated carbocycles. The molecule has 1 N–H and O–H groups in total. The highest BCUT2D eigenvalue weighted by molar-refractivity contribution is 6.31. The molecular weight excluding hydrogens is 208 g/mol. The second kappa shape index (κ2) is 4.23. The van der Waals surface area contributed by atoms with Crippen LogP contribution < -0.4 is 0 Å². The van der Waals surface area contributed by atoms with Crippen LogP contribution in [0, 0.1) is 5.92 Å². The first-order valence-electron chi connectivity index (χ1n) is 5.29. The molecule has 0 aliphatic rings. The van der Waals surface area contributed by atoms with Gasteiger partial charge in [-0.25, -0.2) is 4.98 Å². The van der Waals surface area contributed by atoms with Gasteiger partial charge in [-0.05, 0) is 30.5 Å². The Hall–Kier alpha value is -1.02. The molecule has 0 radical (unpaired) electrons.